The van der Waals surface area contributed by atoms with Gasteiger partial charge in [-0.2, -0.15) is 0 Å². The molecular weight excluding hydrogens is 214 g/mol. The van der Waals surface area contributed by atoms with E-state index in [0.717, 1.165) is 10.7 Å². The van der Waals surface area contributed by atoms with Gasteiger partial charge in [-0.05, 0) is 6.92 Å². The predicted octanol–water partition coefficient (Wildman–Crippen LogP) is 0.665. The lowest BCUT2D eigenvalue weighted by Crippen LogP contribution is -2.15. The minimum atomic E-state index is 0.0983. The van der Waals surface area contributed by atoms with Crippen molar-refractivity contribution in [1.29, 1.82) is 0 Å². The highest BCUT2D eigenvalue weighted by Gasteiger charge is 2.01. The lowest BCUT2D eigenvalue weighted by Gasteiger charge is -1.99. The number of oxime groups is 1. The molecule has 0 aliphatic carbocycles. The van der Waals surface area contributed by atoms with Gasteiger partial charge < -0.3 is 15.7 Å². The van der Waals surface area contributed by atoms with Crippen LogP contribution in [0.2, 0.25) is 0 Å². The molecule has 1 rings (SSSR count). The molecule has 0 fully saturated rings. The van der Waals surface area contributed by atoms with Crippen molar-refractivity contribution >= 4 is 17.2 Å². The van der Waals surface area contributed by atoms with Crippen molar-refractivity contribution in [3.05, 3.63) is 16.1 Å². The van der Waals surface area contributed by atoms with E-state index < -0.39 is 0 Å². The number of nitrogens with two attached hydrogens (primary N) is 1. The molecule has 1 aromatic rings. The van der Waals surface area contributed by atoms with Crippen molar-refractivity contribution in [1.82, 2.24) is 4.98 Å². The van der Waals surface area contributed by atoms with E-state index in [-0.39, 0.29) is 6.61 Å². The molecular formula is C9H15N3O2S. The largest absolute Gasteiger partial charge is 0.396 e. The first-order valence-corrected chi connectivity index (χ1v) is 5.56. The molecule has 0 saturated carbocycles. The van der Waals surface area contributed by atoms with Gasteiger partial charge in [-0.1, -0.05) is 5.16 Å². The predicted molar refractivity (Wildman–Crippen MR) is 59.8 cm³/mol. The van der Waals surface area contributed by atoms with E-state index in [4.69, 9.17) is 15.7 Å². The first kappa shape index (κ1) is 11.9. The number of thiazole rings is 1. The molecule has 0 amide bonds. The molecule has 1 heterocycles. The molecule has 0 aromatic carbocycles. The third kappa shape index (κ3) is 4.75. The SMILES string of the molecule is Cc1csc(CC(N)=NOCCCO)n1. The number of aliphatic hydroxyl groups excluding tert-OH is 1. The second-order valence-corrected chi connectivity index (χ2v) is 4.00. The summed E-state index contributed by atoms with van der Waals surface area (Å²) < 4.78 is 0. The van der Waals surface area contributed by atoms with Crippen LogP contribution in [-0.4, -0.2) is 29.1 Å². The second kappa shape index (κ2) is 6.36. The van der Waals surface area contributed by atoms with Crippen LogP contribution < -0.4 is 5.73 Å². The molecule has 0 bridgehead atoms. The topological polar surface area (TPSA) is 80.7 Å². The van der Waals surface area contributed by atoms with Crippen LogP contribution in [-0.2, 0) is 11.3 Å². The van der Waals surface area contributed by atoms with E-state index in [1.54, 1.807) is 11.3 Å². The van der Waals surface area contributed by atoms with Gasteiger partial charge in [0.15, 0.2) is 0 Å². The summed E-state index contributed by atoms with van der Waals surface area (Å²) >= 11 is 1.55. The van der Waals surface area contributed by atoms with Gasteiger partial charge in [0.1, 0.15) is 17.5 Å². The van der Waals surface area contributed by atoms with Crippen LogP contribution in [0.4, 0.5) is 0 Å². The summed E-state index contributed by atoms with van der Waals surface area (Å²) in [5, 5.41) is 15.1. The number of amidine groups is 1. The fourth-order valence-corrected chi connectivity index (χ4v) is 1.72. The fraction of sp³-hybridized carbons (Fsp3) is 0.556. The highest BCUT2D eigenvalue weighted by Crippen LogP contribution is 2.08. The number of hydrogen-bond donors (Lipinski definition) is 2. The minimum absolute atomic E-state index is 0.0983. The molecule has 6 heteroatoms. The first-order valence-electron chi connectivity index (χ1n) is 4.68. The fourth-order valence-electron chi connectivity index (χ4n) is 0.929. The number of rotatable bonds is 6. The zero-order valence-electron chi connectivity index (χ0n) is 8.64. The number of nitrogens with zero attached hydrogens (tertiary/aromatic N) is 2. The quantitative estimate of drug-likeness (QED) is 0.325. The summed E-state index contributed by atoms with van der Waals surface area (Å²) in [6.45, 7) is 2.42. The average Bonchev–Trinajstić information content (AvgIpc) is 2.59. The second-order valence-electron chi connectivity index (χ2n) is 3.05. The maximum absolute atomic E-state index is 8.50. The van der Waals surface area contributed by atoms with Crippen LogP contribution in [0.1, 0.15) is 17.1 Å². The van der Waals surface area contributed by atoms with Crippen molar-refractivity contribution in [2.24, 2.45) is 10.9 Å². The molecule has 0 radical (unpaired) electrons. The van der Waals surface area contributed by atoms with Gasteiger partial charge in [-0.3, -0.25) is 0 Å². The van der Waals surface area contributed by atoms with E-state index in [1.807, 2.05) is 12.3 Å². The van der Waals surface area contributed by atoms with E-state index >= 15 is 0 Å². The number of aromatic nitrogens is 1. The van der Waals surface area contributed by atoms with Crippen LogP contribution in [0.3, 0.4) is 0 Å². The monoisotopic (exact) mass is 229 g/mol. The normalized spacial score (nSPS) is 11.7. The third-order valence-corrected chi connectivity index (χ3v) is 2.54. The Morgan fingerprint density at radius 3 is 3.13 bits per heavy atom. The Morgan fingerprint density at radius 2 is 2.53 bits per heavy atom. The van der Waals surface area contributed by atoms with Crippen LogP contribution in [0, 0.1) is 6.92 Å². The van der Waals surface area contributed by atoms with Crippen LogP contribution in [0.15, 0.2) is 10.5 Å². The van der Waals surface area contributed by atoms with Gasteiger partial charge in [0, 0.05) is 24.1 Å². The molecule has 0 aliphatic heterocycles. The molecule has 0 atom stereocenters. The number of hydrogen-bond acceptors (Lipinski definition) is 5. The summed E-state index contributed by atoms with van der Waals surface area (Å²) in [6.07, 6.45) is 1.07. The van der Waals surface area contributed by atoms with Gasteiger partial charge in [0.25, 0.3) is 0 Å². The smallest absolute Gasteiger partial charge is 0.146 e. The van der Waals surface area contributed by atoms with Crippen molar-refractivity contribution in [2.45, 2.75) is 19.8 Å². The van der Waals surface area contributed by atoms with E-state index in [0.29, 0.717) is 25.3 Å². The van der Waals surface area contributed by atoms with Gasteiger partial charge in [-0.15, -0.1) is 11.3 Å². The van der Waals surface area contributed by atoms with Gasteiger partial charge >= 0.3 is 0 Å². The zero-order chi connectivity index (χ0) is 11.1. The lowest BCUT2D eigenvalue weighted by molar-refractivity contribution is 0.123. The van der Waals surface area contributed by atoms with Crippen LogP contribution in [0.5, 0.6) is 0 Å². The molecule has 0 unspecified atom stereocenters. The van der Waals surface area contributed by atoms with Gasteiger partial charge in [-0.25, -0.2) is 4.98 Å². The summed E-state index contributed by atoms with van der Waals surface area (Å²) in [5.41, 5.74) is 6.62. The molecule has 3 N–H and O–H groups in total. The summed E-state index contributed by atoms with van der Waals surface area (Å²) in [5.74, 6) is 0.405. The molecule has 0 saturated heterocycles. The molecule has 15 heavy (non-hydrogen) atoms. The Kier molecular flexibility index (Phi) is 5.06. The molecule has 5 nitrogen and oxygen atoms in total. The lowest BCUT2D eigenvalue weighted by atomic mass is 10.4. The van der Waals surface area contributed by atoms with Gasteiger partial charge in [0.05, 0.1) is 6.42 Å². The summed E-state index contributed by atoms with van der Waals surface area (Å²) in [4.78, 5) is 9.15. The van der Waals surface area contributed by atoms with Crippen LogP contribution in [0.25, 0.3) is 0 Å². The number of aryl methyl sites for hydroxylation is 1. The van der Waals surface area contributed by atoms with E-state index in [2.05, 4.69) is 10.1 Å². The Balaban J connectivity index is 2.31. The van der Waals surface area contributed by atoms with Gasteiger partial charge in [0.2, 0.25) is 0 Å². The maximum Gasteiger partial charge on any atom is 0.146 e. The average molecular weight is 229 g/mol. The maximum atomic E-state index is 8.50. The van der Waals surface area contributed by atoms with Crippen LogP contribution >= 0.6 is 11.3 Å². The Hall–Kier alpha value is -1.14. The highest BCUT2D eigenvalue weighted by molar-refractivity contribution is 7.09. The van der Waals surface area contributed by atoms with E-state index in [1.165, 1.54) is 0 Å². The molecule has 0 aliphatic rings. The highest BCUT2D eigenvalue weighted by atomic mass is 32.1. The van der Waals surface area contributed by atoms with Crippen molar-refractivity contribution in [2.75, 3.05) is 13.2 Å². The molecule has 0 spiro atoms. The Labute approximate surface area is 92.6 Å². The molecule has 84 valence electrons. The Morgan fingerprint density at radius 1 is 1.73 bits per heavy atom. The first-order chi connectivity index (χ1) is 7.22. The minimum Gasteiger partial charge on any atom is -0.396 e. The van der Waals surface area contributed by atoms with Crippen molar-refractivity contribution < 1.29 is 9.94 Å². The molecule has 1 aromatic heterocycles. The third-order valence-electron chi connectivity index (χ3n) is 1.57. The number of aliphatic hydroxyl groups is 1. The zero-order valence-corrected chi connectivity index (χ0v) is 9.46. The standard InChI is InChI=1S/C9H15N3O2S/c1-7-6-15-9(11-7)5-8(10)12-14-4-2-3-13/h6,13H,2-5H2,1H3,(H2,10,12). The van der Waals surface area contributed by atoms with E-state index in [9.17, 15) is 0 Å². The van der Waals surface area contributed by atoms with Crippen molar-refractivity contribution in [3.8, 4) is 0 Å². The summed E-state index contributed by atoms with van der Waals surface area (Å²) in [7, 11) is 0. The van der Waals surface area contributed by atoms with Crippen molar-refractivity contribution in [3.63, 3.8) is 0 Å². The summed E-state index contributed by atoms with van der Waals surface area (Å²) in [6, 6.07) is 0. The Bertz CT molecular complexity index is 325.